The Kier molecular flexibility index (Phi) is 2.94. The fourth-order valence-electron chi connectivity index (χ4n) is 3.17. The van der Waals surface area contributed by atoms with E-state index in [0.717, 1.165) is 5.22 Å². The number of hydrogen-bond acceptors (Lipinski definition) is 0. The van der Waals surface area contributed by atoms with Gasteiger partial charge in [-0.3, -0.25) is 0 Å². The van der Waals surface area contributed by atoms with Crippen LogP contribution < -0.4 is 10.4 Å². The first-order valence-electron chi connectivity index (χ1n) is 6.90. The van der Waals surface area contributed by atoms with Crippen LogP contribution in [0, 0.1) is 6.92 Å². The number of fused-ring (bicyclic) bond motifs is 2. The largest absolute Gasteiger partial charge is 0.0984 e. The second-order valence-corrected chi connectivity index (χ2v) is 5.16. The Morgan fingerprint density at radius 3 is 2.35 bits per heavy atom. The first-order valence-corrected chi connectivity index (χ1v) is 6.90. The molecule has 0 aliphatic rings. The Labute approximate surface area is 119 Å². The lowest BCUT2D eigenvalue weighted by atomic mass is 9.91. The van der Waals surface area contributed by atoms with Gasteiger partial charge in [0.05, 0.1) is 0 Å². The molecule has 0 unspecified atom stereocenters. The Morgan fingerprint density at radius 1 is 0.950 bits per heavy atom. The van der Waals surface area contributed by atoms with Gasteiger partial charge in [-0.2, -0.15) is 0 Å². The molecule has 0 heterocycles. The van der Waals surface area contributed by atoms with Crippen molar-refractivity contribution in [1.29, 1.82) is 0 Å². The molecule has 0 aliphatic carbocycles. The van der Waals surface area contributed by atoms with Crippen LogP contribution in [0.2, 0.25) is 0 Å². The molecule has 0 spiro atoms. The first kappa shape index (κ1) is 12.7. The number of benzene rings is 3. The number of hydrogen-bond donors (Lipinski definition) is 0. The van der Waals surface area contributed by atoms with Crippen molar-refractivity contribution in [3.63, 3.8) is 0 Å². The van der Waals surface area contributed by atoms with E-state index in [9.17, 15) is 0 Å². The number of rotatable bonds is 1. The van der Waals surface area contributed by atoms with Crippen molar-refractivity contribution in [2.75, 3.05) is 0 Å². The highest BCUT2D eigenvalue weighted by Gasteiger charge is 2.09. The average Bonchev–Trinajstić information content (AvgIpc) is 2.46. The lowest BCUT2D eigenvalue weighted by Crippen LogP contribution is -2.12. The molecule has 0 N–H and O–H groups in total. The SMILES string of the molecule is C=Cc1c2cccc(C)c2/c(=C\C)c2cccc(=C)c12. The van der Waals surface area contributed by atoms with Crippen LogP contribution in [0.5, 0.6) is 0 Å². The van der Waals surface area contributed by atoms with Gasteiger partial charge in [0.25, 0.3) is 0 Å². The van der Waals surface area contributed by atoms with Crippen LogP contribution in [0.15, 0.2) is 43.0 Å². The van der Waals surface area contributed by atoms with Gasteiger partial charge in [0.1, 0.15) is 0 Å². The van der Waals surface area contributed by atoms with Gasteiger partial charge in [-0.25, -0.2) is 0 Å². The summed E-state index contributed by atoms with van der Waals surface area (Å²) < 4.78 is 0. The topological polar surface area (TPSA) is 0 Å². The molecule has 0 bridgehead atoms. The Hall–Kier alpha value is -2.34. The molecule has 0 aromatic heterocycles. The quantitative estimate of drug-likeness (QED) is 0.575. The Balaban J connectivity index is 2.86. The minimum absolute atomic E-state index is 1.06. The van der Waals surface area contributed by atoms with E-state index in [1.165, 1.54) is 37.9 Å². The maximum atomic E-state index is 4.20. The fraction of sp³-hybridized carbons (Fsp3) is 0.100. The van der Waals surface area contributed by atoms with Gasteiger partial charge in [0, 0.05) is 0 Å². The zero-order valence-corrected chi connectivity index (χ0v) is 12.0. The molecule has 0 amide bonds. The zero-order valence-electron chi connectivity index (χ0n) is 12.0. The van der Waals surface area contributed by atoms with Crippen LogP contribution >= 0.6 is 0 Å². The summed E-state index contributed by atoms with van der Waals surface area (Å²) in [6, 6.07) is 12.8. The smallest absolute Gasteiger partial charge is 0.00327 e. The summed E-state index contributed by atoms with van der Waals surface area (Å²) in [6.45, 7) is 12.5. The molecule has 0 atom stereocenters. The second-order valence-electron chi connectivity index (χ2n) is 5.16. The minimum Gasteiger partial charge on any atom is -0.0984 e. The highest BCUT2D eigenvalue weighted by Crippen LogP contribution is 2.25. The van der Waals surface area contributed by atoms with Crippen molar-refractivity contribution < 1.29 is 0 Å². The van der Waals surface area contributed by atoms with Gasteiger partial charge in [-0.1, -0.05) is 61.7 Å². The van der Waals surface area contributed by atoms with Gasteiger partial charge in [0.15, 0.2) is 0 Å². The zero-order chi connectivity index (χ0) is 14.3. The van der Waals surface area contributed by atoms with E-state index in [1.54, 1.807) is 0 Å². The molecule has 0 aliphatic heterocycles. The molecule has 20 heavy (non-hydrogen) atoms. The highest BCUT2D eigenvalue weighted by atomic mass is 14.1. The molecule has 0 saturated carbocycles. The van der Waals surface area contributed by atoms with E-state index in [0.29, 0.717) is 0 Å². The third-order valence-corrected chi connectivity index (χ3v) is 4.04. The maximum Gasteiger partial charge on any atom is -0.00327 e. The van der Waals surface area contributed by atoms with Crippen LogP contribution in [0.1, 0.15) is 18.1 Å². The maximum absolute atomic E-state index is 4.20. The van der Waals surface area contributed by atoms with E-state index in [2.05, 4.69) is 69.5 Å². The predicted molar refractivity (Wildman–Crippen MR) is 91.2 cm³/mol. The van der Waals surface area contributed by atoms with Crippen LogP contribution in [0.3, 0.4) is 0 Å². The predicted octanol–water partition coefficient (Wildman–Crippen LogP) is 4.16. The first-order chi connectivity index (χ1) is 9.69. The van der Waals surface area contributed by atoms with Crippen LogP contribution in [0.25, 0.3) is 40.3 Å². The van der Waals surface area contributed by atoms with Crippen molar-refractivity contribution in [2.45, 2.75) is 13.8 Å². The summed E-state index contributed by atoms with van der Waals surface area (Å²) in [5.74, 6) is 0. The van der Waals surface area contributed by atoms with Crippen LogP contribution in [-0.2, 0) is 0 Å². The van der Waals surface area contributed by atoms with Crippen molar-refractivity contribution in [2.24, 2.45) is 0 Å². The Morgan fingerprint density at radius 2 is 1.65 bits per heavy atom. The molecule has 0 saturated heterocycles. The highest BCUT2D eigenvalue weighted by molar-refractivity contribution is 6.08. The van der Waals surface area contributed by atoms with Crippen LogP contribution in [0.4, 0.5) is 0 Å². The molecule has 98 valence electrons. The summed E-state index contributed by atoms with van der Waals surface area (Å²) >= 11 is 0. The van der Waals surface area contributed by atoms with E-state index in [4.69, 9.17) is 0 Å². The monoisotopic (exact) mass is 258 g/mol. The van der Waals surface area contributed by atoms with E-state index in [1.807, 2.05) is 6.08 Å². The van der Waals surface area contributed by atoms with Gasteiger partial charge >= 0.3 is 0 Å². The molecule has 0 heteroatoms. The lowest BCUT2D eigenvalue weighted by molar-refractivity contribution is 1.52. The van der Waals surface area contributed by atoms with E-state index in [-0.39, 0.29) is 0 Å². The van der Waals surface area contributed by atoms with Gasteiger partial charge in [0.2, 0.25) is 0 Å². The molecule has 3 rings (SSSR count). The second kappa shape index (κ2) is 4.64. The van der Waals surface area contributed by atoms with Crippen molar-refractivity contribution in [1.82, 2.24) is 0 Å². The summed E-state index contributed by atoms with van der Waals surface area (Å²) in [4.78, 5) is 0. The lowest BCUT2D eigenvalue weighted by Gasteiger charge is -2.12. The third-order valence-electron chi connectivity index (χ3n) is 4.04. The summed E-state index contributed by atoms with van der Waals surface area (Å²) in [7, 11) is 0. The molecule has 3 aromatic carbocycles. The Bertz CT molecular complexity index is 943. The molecule has 0 fully saturated rings. The third kappa shape index (κ3) is 1.61. The van der Waals surface area contributed by atoms with Crippen molar-refractivity contribution in [3.8, 4) is 0 Å². The molecular formula is C20H18. The molecule has 0 radical (unpaired) electrons. The van der Waals surface area contributed by atoms with Gasteiger partial charge < -0.3 is 0 Å². The summed E-state index contributed by atoms with van der Waals surface area (Å²) in [5.41, 5.74) is 2.49. The summed E-state index contributed by atoms with van der Waals surface area (Å²) in [6.07, 6.45) is 4.15. The van der Waals surface area contributed by atoms with Gasteiger partial charge in [-0.15, -0.1) is 0 Å². The fourth-order valence-corrected chi connectivity index (χ4v) is 3.17. The van der Waals surface area contributed by atoms with E-state index < -0.39 is 0 Å². The average molecular weight is 258 g/mol. The number of aryl methyl sites for hydroxylation is 1. The molecule has 3 aromatic rings. The van der Waals surface area contributed by atoms with Crippen LogP contribution in [-0.4, -0.2) is 0 Å². The van der Waals surface area contributed by atoms with E-state index >= 15 is 0 Å². The van der Waals surface area contributed by atoms with Crippen molar-refractivity contribution >= 4 is 40.3 Å². The normalized spacial score (nSPS) is 12.2. The van der Waals surface area contributed by atoms with Crippen molar-refractivity contribution in [3.05, 3.63) is 64.5 Å². The standard InChI is InChI=1S/C20H18/c1-5-15-17-11-7-10-14(4)20(17)16(6-2)18-12-8-9-13(3)19(15)18/h5-12H,1,3H2,2,4H3/b16-6-. The molecule has 0 nitrogen and oxygen atoms in total. The summed E-state index contributed by atoms with van der Waals surface area (Å²) in [5, 5.41) is 7.42. The molecular weight excluding hydrogens is 240 g/mol. The van der Waals surface area contributed by atoms with Gasteiger partial charge in [-0.05, 0) is 57.0 Å². The minimum atomic E-state index is 1.06.